The van der Waals surface area contributed by atoms with Crippen LogP contribution >= 0.6 is 11.3 Å². The minimum atomic E-state index is -0.234. The zero-order valence-corrected chi connectivity index (χ0v) is 13.7. The summed E-state index contributed by atoms with van der Waals surface area (Å²) in [7, 11) is 1.78. The van der Waals surface area contributed by atoms with Crippen LogP contribution in [0.15, 0.2) is 29.8 Å². The Morgan fingerprint density at radius 3 is 3.04 bits per heavy atom. The van der Waals surface area contributed by atoms with Crippen LogP contribution in [0.4, 0.5) is 16.2 Å². The number of urea groups is 1. The van der Waals surface area contributed by atoms with E-state index in [9.17, 15) is 9.59 Å². The van der Waals surface area contributed by atoms with E-state index in [0.29, 0.717) is 19.4 Å². The summed E-state index contributed by atoms with van der Waals surface area (Å²) in [4.78, 5) is 29.4. The van der Waals surface area contributed by atoms with Gasteiger partial charge in [-0.15, -0.1) is 11.3 Å². The van der Waals surface area contributed by atoms with Crippen LogP contribution in [0.3, 0.4) is 0 Å². The largest absolute Gasteiger partial charge is 0.337 e. The lowest BCUT2D eigenvalue weighted by Gasteiger charge is -2.26. The van der Waals surface area contributed by atoms with E-state index in [0.717, 1.165) is 28.4 Å². The van der Waals surface area contributed by atoms with Crippen molar-refractivity contribution in [1.29, 1.82) is 0 Å². The molecule has 0 saturated heterocycles. The normalized spacial score (nSPS) is 13.6. The minimum absolute atomic E-state index is 0.123. The average molecular weight is 330 g/mol. The molecule has 0 unspecified atom stereocenters. The fourth-order valence-corrected chi connectivity index (χ4v) is 3.19. The predicted octanol–water partition coefficient (Wildman–Crippen LogP) is 2.42. The van der Waals surface area contributed by atoms with Crippen molar-refractivity contribution >= 4 is 34.6 Å². The number of aryl methyl sites for hydroxylation is 1. The predicted molar refractivity (Wildman–Crippen MR) is 91.0 cm³/mol. The van der Waals surface area contributed by atoms with E-state index in [1.807, 2.05) is 23.6 Å². The molecular weight excluding hydrogens is 312 g/mol. The van der Waals surface area contributed by atoms with Crippen LogP contribution in [0.2, 0.25) is 0 Å². The number of carbonyl (C=O) groups excluding carboxylic acids is 2. The maximum atomic E-state index is 11.9. The summed E-state index contributed by atoms with van der Waals surface area (Å²) >= 11 is 1.58. The molecule has 2 aromatic rings. The molecule has 1 aliphatic rings. The molecule has 6 nitrogen and oxygen atoms in total. The highest BCUT2D eigenvalue weighted by atomic mass is 32.1. The number of aromatic nitrogens is 1. The number of rotatable bonds is 4. The number of hydrogen-bond donors (Lipinski definition) is 2. The molecule has 0 aliphatic carbocycles. The van der Waals surface area contributed by atoms with Gasteiger partial charge < -0.3 is 15.5 Å². The molecule has 1 aromatic heterocycles. The highest BCUT2D eigenvalue weighted by molar-refractivity contribution is 7.09. The van der Waals surface area contributed by atoms with Gasteiger partial charge >= 0.3 is 6.03 Å². The number of fused-ring (bicyclic) bond motifs is 1. The van der Waals surface area contributed by atoms with E-state index in [1.165, 1.54) is 0 Å². The summed E-state index contributed by atoms with van der Waals surface area (Å²) in [5.41, 5.74) is 2.72. The number of thiazole rings is 1. The van der Waals surface area contributed by atoms with Crippen LogP contribution in [0.5, 0.6) is 0 Å². The summed E-state index contributed by atoms with van der Waals surface area (Å²) in [6, 6.07) is 5.38. The van der Waals surface area contributed by atoms with E-state index >= 15 is 0 Å². The van der Waals surface area contributed by atoms with Gasteiger partial charge in [-0.1, -0.05) is 0 Å². The lowest BCUT2D eigenvalue weighted by Crippen LogP contribution is -2.32. The van der Waals surface area contributed by atoms with Crippen LogP contribution in [0, 0.1) is 0 Å². The molecule has 0 atom stereocenters. The Morgan fingerprint density at radius 1 is 1.39 bits per heavy atom. The van der Waals surface area contributed by atoms with E-state index in [4.69, 9.17) is 0 Å². The van der Waals surface area contributed by atoms with E-state index < -0.39 is 0 Å². The smallest absolute Gasteiger partial charge is 0.319 e. The van der Waals surface area contributed by atoms with Crippen molar-refractivity contribution in [3.63, 3.8) is 0 Å². The third-order valence-corrected chi connectivity index (χ3v) is 4.63. The molecule has 0 saturated carbocycles. The Morgan fingerprint density at radius 2 is 2.26 bits per heavy atom. The fourth-order valence-electron chi connectivity index (χ4n) is 2.57. The topological polar surface area (TPSA) is 74.3 Å². The second-order valence-electron chi connectivity index (χ2n) is 5.35. The highest BCUT2D eigenvalue weighted by Gasteiger charge is 2.20. The molecule has 2 heterocycles. The standard InChI is InChI=1S/C16H18N4O2S/c1-20-13-4-3-12(10-11(13)2-5-15(20)21)19-16(22)18-7-6-14-17-8-9-23-14/h3-4,8-10H,2,5-7H2,1H3,(H2,18,19,22). The van der Waals surface area contributed by atoms with E-state index in [2.05, 4.69) is 15.6 Å². The van der Waals surface area contributed by atoms with Gasteiger partial charge in [-0.2, -0.15) is 0 Å². The van der Waals surface area contributed by atoms with Crippen molar-refractivity contribution in [1.82, 2.24) is 10.3 Å². The first-order valence-electron chi connectivity index (χ1n) is 7.46. The third-order valence-electron chi connectivity index (χ3n) is 3.79. The minimum Gasteiger partial charge on any atom is -0.337 e. The molecule has 3 rings (SSSR count). The van der Waals surface area contributed by atoms with Crippen molar-refractivity contribution in [2.75, 3.05) is 23.8 Å². The summed E-state index contributed by atoms with van der Waals surface area (Å²) in [6.45, 7) is 0.543. The number of hydrogen-bond acceptors (Lipinski definition) is 4. The number of nitrogens with one attached hydrogen (secondary N) is 2. The van der Waals surface area contributed by atoms with Gasteiger partial charge in [0.05, 0.1) is 5.01 Å². The number of carbonyl (C=O) groups is 2. The van der Waals surface area contributed by atoms with Gasteiger partial charge in [0.2, 0.25) is 5.91 Å². The van der Waals surface area contributed by atoms with Gasteiger partial charge in [-0.25, -0.2) is 9.78 Å². The molecule has 1 aliphatic heterocycles. The van der Waals surface area contributed by atoms with Crippen LogP contribution in [0.25, 0.3) is 0 Å². The second kappa shape index (κ2) is 6.78. The zero-order valence-electron chi connectivity index (χ0n) is 12.8. The summed E-state index contributed by atoms with van der Waals surface area (Å²) in [5, 5.41) is 8.57. The monoisotopic (exact) mass is 330 g/mol. The molecular formula is C16H18N4O2S. The van der Waals surface area contributed by atoms with Gasteiger partial charge in [0.1, 0.15) is 0 Å². The number of anilines is 2. The summed E-state index contributed by atoms with van der Waals surface area (Å²) in [5.74, 6) is 0.123. The Hall–Kier alpha value is -2.41. The summed E-state index contributed by atoms with van der Waals surface area (Å²) < 4.78 is 0. The number of benzene rings is 1. The Kier molecular flexibility index (Phi) is 4.57. The van der Waals surface area contributed by atoms with Crippen molar-refractivity contribution in [2.45, 2.75) is 19.3 Å². The van der Waals surface area contributed by atoms with Crippen molar-refractivity contribution in [3.05, 3.63) is 40.3 Å². The fraction of sp³-hybridized carbons (Fsp3) is 0.312. The molecule has 120 valence electrons. The first-order valence-corrected chi connectivity index (χ1v) is 8.34. The maximum Gasteiger partial charge on any atom is 0.319 e. The van der Waals surface area contributed by atoms with Gasteiger partial charge in [0.25, 0.3) is 0 Å². The van der Waals surface area contributed by atoms with Crippen molar-refractivity contribution < 1.29 is 9.59 Å². The average Bonchev–Trinajstić information content (AvgIpc) is 3.04. The number of amides is 3. The van der Waals surface area contributed by atoms with Gasteiger partial charge in [-0.05, 0) is 30.2 Å². The van der Waals surface area contributed by atoms with Crippen LogP contribution in [-0.2, 0) is 17.6 Å². The molecule has 3 amide bonds. The van der Waals surface area contributed by atoms with Gasteiger partial charge in [0, 0.05) is 49.4 Å². The van der Waals surface area contributed by atoms with Crippen LogP contribution in [0.1, 0.15) is 17.0 Å². The molecule has 0 fully saturated rings. The maximum absolute atomic E-state index is 11.9. The van der Waals surface area contributed by atoms with Crippen LogP contribution in [-0.4, -0.2) is 30.5 Å². The molecule has 23 heavy (non-hydrogen) atoms. The third kappa shape index (κ3) is 3.68. The highest BCUT2D eigenvalue weighted by Crippen LogP contribution is 2.29. The van der Waals surface area contributed by atoms with E-state index in [-0.39, 0.29) is 11.9 Å². The van der Waals surface area contributed by atoms with Crippen LogP contribution < -0.4 is 15.5 Å². The first-order chi connectivity index (χ1) is 11.1. The number of nitrogens with zero attached hydrogens (tertiary/aromatic N) is 2. The molecule has 7 heteroatoms. The van der Waals surface area contributed by atoms with Gasteiger partial charge in [0.15, 0.2) is 0 Å². The molecule has 2 N–H and O–H groups in total. The SMILES string of the molecule is CN1C(=O)CCc2cc(NC(=O)NCCc3nccs3)ccc21. The van der Waals surface area contributed by atoms with Gasteiger partial charge in [-0.3, -0.25) is 4.79 Å². The second-order valence-corrected chi connectivity index (χ2v) is 6.33. The first kappa shape index (κ1) is 15.5. The lowest BCUT2D eigenvalue weighted by atomic mass is 10.0. The zero-order chi connectivity index (χ0) is 16.2. The molecule has 0 bridgehead atoms. The Balaban J connectivity index is 1.55. The quantitative estimate of drug-likeness (QED) is 0.904. The molecule has 0 radical (unpaired) electrons. The summed E-state index contributed by atoms with van der Waals surface area (Å²) in [6.07, 6.45) is 3.70. The molecule has 0 spiro atoms. The Bertz CT molecular complexity index is 715. The lowest BCUT2D eigenvalue weighted by molar-refractivity contribution is -0.118. The van der Waals surface area contributed by atoms with Crippen molar-refractivity contribution in [2.24, 2.45) is 0 Å². The van der Waals surface area contributed by atoms with E-state index in [1.54, 1.807) is 29.5 Å². The molecule has 1 aromatic carbocycles. The Labute approximate surface area is 138 Å². The van der Waals surface area contributed by atoms with Crippen molar-refractivity contribution in [3.8, 4) is 0 Å².